The summed E-state index contributed by atoms with van der Waals surface area (Å²) in [5.74, 6) is -0.109. The van der Waals surface area contributed by atoms with Gasteiger partial charge in [-0.3, -0.25) is 0 Å². The van der Waals surface area contributed by atoms with Gasteiger partial charge in [-0.2, -0.15) is 0 Å². The van der Waals surface area contributed by atoms with Crippen LogP contribution in [0.25, 0.3) is 33.2 Å². The molecule has 0 unspecified atom stereocenters. The van der Waals surface area contributed by atoms with E-state index in [1.54, 1.807) is 0 Å². The van der Waals surface area contributed by atoms with Crippen LogP contribution in [0.15, 0.2) is 54.6 Å². The fourth-order valence-corrected chi connectivity index (χ4v) is 2.52. The molecule has 0 saturated carbocycles. The molecule has 0 aliphatic carbocycles. The normalized spacial score (nSPS) is 10.7. The predicted molar refractivity (Wildman–Crippen MR) is 77.9 cm³/mol. The molecule has 1 radical (unpaired) electrons. The van der Waals surface area contributed by atoms with Crippen molar-refractivity contribution >= 4 is 21.8 Å². The maximum absolute atomic E-state index is 11.9. The van der Waals surface area contributed by atoms with Gasteiger partial charge in [0.2, 0.25) is 0 Å². The Morgan fingerprint density at radius 2 is 1.59 bits per heavy atom. The van der Waals surface area contributed by atoms with E-state index in [1.165, 1.54) is 12.1 Å². The molecule has 0 fully saturated rings. The van der Waals surface area contributed by atoms with Gasteiger partial charge in [-0.25, -0.2) is 4.98 Å². The Bertz CT molecular complexity index is 926. The van der Waals surface area contributed by atoms with Crippen molar-refractivity contribution in [3.05, 3.63) is 54.6 Å². The summed E-state index contributed by atoms with van der Waals surface area (Å²) in [4.78, 5) is 7.62. The number of aromatic nitrogens is 2. The molecule has 111 valence electrons. The van der Waals surface area contributed by atoms with Crippen LogP contribution in [0.1, 0.15) is 0 Å². The number of H-pyrrole nitrogens is 1. The molecule has 0 saturated heterocycles. The van der Waals surface area contributed by atoms with Gasteiger partial charge in [-0.15, -0.1) is 5.75 Å². The summed E-state index contributed by atoms with van der Waals surface area (Å²) >= 11 is 0. The third-order valence-corrected chi connectivity index (χ3v) is 3.56. The molecule has 0 atom stereocenters. The maximum atomic E-state index is 11.9. The number of benzene rings is 3. The van der Waals surface area contributed by atoms with Crippen LogP contribution in [-0.2, 0) is 17.1 Å². The third-order valence-electron chi connectivity index (χ3n) is 3.56. The second-order valence-electron chi connectivity index (χ2n) is 4.96. The quantitative estimate of drug-likeness (QED) is 0.542. The Balaban J connectivity index is 0.00000144. The molecule has 4 rings (SSSR count). The third kappa shape index (κ3) is 2.30. The number of imidazole rings is 1. The smallest absolute Gasteiger partial charge is 0.872 e. The molecule has 4 nitrogen and oxygen atoms in total. The Morgan fingerprint density at radius 3 is 2.32 bits per heavy atom. The van der Waals surface area contributed by atoms with Crippen molar-refractivity contribution in [2.45, 2.75) is 0 Å². The summed E-state index contributed by atoms with van der Waals surface area (Å²) in [7, 11) is 0. The molecule has 0 aliphatic heterocycles. The largest absolute Gasteiger partial charge is 2.00 e. The first-order valence-electron chi connectivity index (χ1n) is 6.58. The molecule has 3 aromatic carbocycles. The Morgan fingerprint density at radius 1 is 0.864 bits per heavy atom. The summed E-state index contributed by atoms with van der Waals surface area (Å²) in [6.07, 6.45) is 0. The number of nitrogens with zero attached hydrogens (tertiary/aromatic N) is 1. The van der Waals surface area contributed by atoms with Crippen molar-refractivity contribution < 1.29 is 27.3 Å². The van der Waals surface area contributed by atoms with Crippen LogP contribution in [0.4, 0.5) is 0 Å². The topological polar surface area (TPSA) is 74.8 Å². The fraction of sp³-hybridized carbons (Fsp3) is 0. The van der Waals surface area contributed by atoms with E-state index in [4.69, 9.17) is 0 Å². The zero-order valence-electron chi connectivity index (χ0n) is 11.3. The zero-order chi connectivity index (χ0) is 14.4. The van der Waals surface area contributed by atoms with Crippen LogP contribution in [0.5, 0.6) is 11.5 Å². The second kappa shape index (κ2) is 5.37. The second-order valence-corrected chi connectivity index (χ2v) is 4.96. The monoisotopic (exact) mass is 337 g/mol. The van der Waals surface area contributed by atoms with E-state index in [0.29, 0.717) is 11.4 Å². The number of aromatic amines is 1. The van der Waals surface area contributed by atoms with E-state index in [2.05, 4.69) is 9.97 Å². The molecule has 4 aromatic rings. The van der Waals surface area contributed by atoms with Gasteiger partial charge >= 0.3 is 17.1 Å². The molecule has 1 aromatic heterocycles. The Labute approximate surface area is 136 Å². The molecule has 5 heteroatoms. The van der Waals surface area contributed by atoms with E-state index in [1.807, 2.05) is 36.4 Å². The summed E-state index contributed by atoms with van der Waals surface area (Å²) in [5.41, 5.74) is 2.08. The molecule has 0 aliphatic rings. The number of hydrogen-bond acceptors (Lipinski definition) is 3. The van der Waals surface area contributed by atoms with Crippen molar-refractivity contribution in [3.8, 4) is 22.9 Å². The van der Waals surface area contributed by atoms with Gasteiger partial charge in [0.1, 0.15) is 5.82 Å². The van der Waals surface area contributed by atoms with Gasteiger partial charge in [0.15, 0.2) is 0 Å². The van der Waals surface area contributed by atoms with Crippen molar-refractivity contribution in [3.63, 3.8) is 0 Å². The van der Waals surface area contributed by atoms with Gasteiger partial charge in [0.05, 0.1) is 11.0 Å². The van der Waals surface area contributed by atoms with E-state index in [-0.39, 0.29) is 28.6 Å². The van der Waals surface area contributed by atoms with E-state index in [0.717, 1.165) is 27.9 Å². The first-order valence-corrected chi connectivity index (χ1v) is 6.58. The summed E-state index contributed by atoms with van der Waals surface area (Å²) < 4.78 is 0. The molecule has 0 amide bonds. The van der Waals surface area contributed by atoms with E-state index in [9.17, 15) is 10.2 Å². The first kappa shape index (κ1) is 14.4. The number of hydrogen-bond donors (Lipinski definition) is 1. The van der Waals surface area contributed by atoms with Crippen molar-refractivity contribution in [2.75, 3.05) is 0 Å². The maximum Gasteiger partial charge on any atom is 2.00 e. The number of rotatable bonds is 1. The first-order chi connectivity index (χ1) is 10.2. The van der Waals surface area contributed by atoms with Crippen LogP contribution in [0.2, 0.25) is 0 Å². The minimum atomic E-state index is -0.314. The van der Waals surface area contributed by atoms with Gasteiger partial charge in [0, 0.05) is 5.56 Å². The van der Waals surface area contributed by atoms with Gasteiger partial charge in [0.25, 0.3) is 0 Å². The van der Waals surface area contributed by atoms with Crippen LogP contribution in [0, 0.1) is 0 Å². The SMILES string of the molecule is [Cu+2].[O-]c1ccc(-c2nc3cc4ccccc4cc3[nH]2)c([O-])c1. The summed E-state index contributed by atoms with van der Waals surface area (Å²) in [5, 5.41) is 25.3. The predicted octanol–water partition coefficient (Wildman–Crippen LogP) is 2.53. The zero-order valence-corrected chi connectivity index (χ0v) is 12.2. The van der Waals surface area contributed by atoms with Gasteiger partial charge in [-0.05, 0) is 22.9 Å². The molecular weight excluding hydrogens is 328 g/mol. The fourth-order valence-electron chi connectivity index (χ4n) is 2.52. The van der Waals surface area contributed by atoms with Crippen LogP contribution >= 0.6 is 0 Å². The number of fused-ring (bicyclic) bond motifs is 2. The minimum Gasteiger partial charge on any atom is -0.872 e. The van der Waals surface area contributed by atoms with Gasteiger partial charge < -0.3 is 15.2 Å². The molecule has 0 spiro atoms. The molecule has 0 bridgehead atoms. The van der Waals surface area contributed by atoms with E-state index < -0.39 is 0 Å². The van der Waals surface area contributed by atoms with Crippen LogP contribution < -0.4 is 10.2 Å². The standard InChI is InChI=1S/C17H12N2O2.Cu/c20-12-5-6-13(16(21)9-12)17-18-14-7-10-3-1-2-4-11(10)8-15(14)19-17;/h1-9,20-21H,(H,18,19);/q;+2/p-2. The van der Waals surface area contributed by atoms with E-state index >= 15 is 0 Å². The average Bonchev–Trinajstić information content (AvgIpc) is 2.87. The van der Waals surface area contributed by atoms with Crippen molar-refractivity contribution in [1.82, 2.24) is 9.97 Å². The van der Waals surface area contributed by atoms with Crippen LogP contribution in [0.3, 0.4) is 0 Å². The minimum absolute atomic E-state index is 0. The Kier molecular flexibility index (Phi) is 3.53. The number of nitrogens with one attached hydrogen (secondary N) is 1. The molecule has 22 heavy (non-hydrogen) atoms. The molecule has 1 heterocycles. The van der Waals surface area contributed by atoms with Crippen molar-refractivity contribution in [2.24, 2.45) is 0 Å². The molecule has 1 N–H and O–H groups in total. The summed E-state index contributed by atoms with van der Waals surface area (Å²) in [6.45, 7) is 0. The molecular formula is C17H10CuN2O2. The summed E-state index contributed by atoms with van der Waals surface area (Å²) in [6, 6.07) is 16.0. The van der Waals surface area contributed by atoms with Crippen molar-refractivity contribution in [1.29, 1.82) is 0 Å². The Hall–Kier alpha value is -2.49. The van der Waals surface area contributed by atoms with Crippen LogP contribution in [-0.4, -0.2) is 9.97 Å². The average molecular weight is 338 g/mol. The van der Waals surface area contributed by atoms with Gasteiger partial charge in [-0.1, -0.05) is 48.2 Å².